The molecule has 1 fully saturated rings. The van der Waals surface area contributed by atoms with Crippen molar-refractivity contribution >= 4 is 0 Å². The first-order valence-electron chi connectivity index (χ1n) is 7.39. The molecule has 1 heterocycles. The second kappa shape index (κ2) is 7.43. The lowest BCUT2D eigenvalue weighted by molar-refractivity contribution is 0.155. The van der Waals surface area contributed by atoms with Gasteiger partial charge in [0, 0.05) is 18.1 Å². The zero-order valence-corrected chi connectivity index (χ0v) is 12.3. The van der Waals surface area contributed by atoms with Crippen LogP contribution in [0.25, 0.3) is 0 Å². The van der Waals surface area contributed by atoms with E-state index in [4.69, 9.17) is 5.73 Å². The topological polar surface area (TPSA) is 61.5 Å². The van der Waals surface area contributed by atoms with E-state index in [0.717, 1.165) is 32.4 Å². The minimum atomic E-state index is -0.250. The summed E-state index contributed by atoms with van der Waals surface area (Å²) >= 11 is 0. The van der Waals surface area contributed by atoms with E-state index < -0.39 is 0 Å². The third kappa shape index (κ3) is 4.84. The van der Waals surface area contributed by atoms with Crippen LogP contribution in [0.2, 0.25) is 0 Å². The standard InChI is InChI=1S/C14H31N3O/c1-4-17-8-5-6-14(11-15,7-9-17)16-12(2)10-13(3)18/h12-13,16,18H,4-11,15H2,1-3H3. The van der Waals surface area contributed by atoms with E-state index in [-0.39, 0.29) is 11.6 Å². The molecule has 4 N–H and O–H groups in total. The van der Waals surface area contributed by atoms with E-state index in [9.17, 15) is 5.11 Å². The first-order chi connectivity index (χ1) is 8.51. The number of aliphatic hydroxyl groups excluding tert-OH is 1. The third-order valence-electron chi connectivity index (χ3n) is 4.12. The molecular formula is C14H31N3O. The first-order valence-corrected chi connectivity index (χ1v) is 7.39. The molecule has 0 aromatic heterocycles. The van der Waals surface area contributed by atoms with Gasteiger partial charge in [0.1, 0.15) is 0 Å². The Hall–Kier alpha value is -0.160. The first kappa shape index (κ1) is 15.9. The van der Waals surface area contributed by atoms with Crippen LogP contribution in [0.15, 0.2) is 0 Å². The lowest BCUT2D eigenvalue weighted by Crippen LogP contribution is -2.55. The molecule has 0 saturated carbocycles. The van der Waals surface area contributed by atoms with Gasteiger partial charge in [-0.25, -0.2) is 0 Å². The molecule has 0 amide bonds. The van der Waals surface area contributed by atoms with Gasteiger partial charge in [-0.1, -0.05) is 6.92 Å². The van der Waals surface area contributed by atoms with E-state index >= 15 is 0 Å². The number of rotatable bonds is 6. The summed E-state index contributed by atoms with van der Waals surface area (Å²) in [6.45, 7) is 10.3. The molecule has 18 heavy (non-hydrogen) atoms. The van der Waals surface area contributed by atoms with Gasteiger partial charge >= 0.3 is 0 Å². The zero-order valence-electron chi connectivity index (χ0n) is 12.3. The van der Waals surface area contributed by atoms with Gasteiger partial charge < -0.3 is 21.1 Å². The number of nitrogens with two attached hydrogens (primary N) is 1. The highest BCUT2D eigenvalue weighted by molar-refractivity contribution is 4.94. The van der Waals surface area contributed by atoms with E-state index in [1.807, 2.05) is 6.92 Å². The van der Waals surface area contributed by atoms with Gasteiger partial charge in [0.05, 0.1) is 6.10 Å². The van der Waals surface area contributed by atoms with Crippen molar-refractivity contribution in [2.45, 2.75) is 64.1 Å². The Morgan fingerprint density at radius 1 is 1.33 bits per heavy atom. The van der Waals surface area contributed by atoms with Gasteiger partial charge in [0.25, 0.3) is 0 Å². The summed E-state index contributed by atoms with van der Waals surface area (Å²) in [5, 5.41) is 13.2. The summed E-state index contributed by atoms with van der Waals surface area (Å²) in [7, 11) is 0. The number of nitrogens with one attached hydrogen (secondary N) is 1. The summed E-state index contributed by atoms with van der Waals surface area (Å²) < 4.78 is 0. The molecule has 0 radical (unpaired) electrons. The highest BCUT2D eigenvalue weighted by Crippen LogP contribution is 2.22. The predicted molar refractivity (Wildman–Crippen MR) is 76.6 cm³/mol. The van der Waals surface area contributed by atoms with Gasteiger partial charge in [0.15, 0.2) is 0 Å². The Balaban J connectivity index is 2.56. The Morgan fingerprint density at radius 3 is 2.61 bits per heavy atom. The molecule has 3 atom stereocenters. The summed E-state index contributed by atoms with van der Waals surface area (Å²) in [5.74, 6) is 0. The Morgan fingerprint density at radius 2 is 2.06 bits per heavy atom. The van der Waals surface area contributed by atoms with Crippen molar-refractivity contribution < 1.29 is 5.11 Å². The SMILES string of the molecule is CCN1CCCC(CN)(NC(C)CC(C)O)CC1. The lowest BCUT2D eigenvalue weighted by Gasteiger charge is -2.36. The van der Waals surface area contributed by atoms with Crippen molar-refractivity contribution in [3.63, 3.8) is 0 Å². The van der Waals surface area contributed by atoms with Crippen LogP contribution in [-0.4, -0.2) is 53.9 Å². The van der Waals surface area contributed by atoms with E-state index in [0.29, 0.717) is 12.6 Å². The molecule has 0 aromatic carbocycles. The van der Waals surface area contributed by atoms with Crippen molar-refractivity contribution in [3.8, 4) is 0 Å². The normalized spacial score (nSPS) is 29.8. The van der Waals surface area contributed by atoms with Gasteiger partial charge in [-0.2, -0.15) is 0 Å². The van der Waals surface area contributed by atoms with Gasteiger partial charge in [-0.15, -0.1) is 0 Å². The van der Waals surface area contributed by atoms with Crippen LogP contribution in [0.4, 0.5) is 0 Å². The van der Waals surface area contributed by atoms with E-state index in [1.165, 1.54) is 13.0 Å². The molecule has 1 rings (SSSR count). The van der Waals surface area contributed by atoms with Gasteiger partial charge in [-0.05, 0) is 59.2 Å². The van der Waals surface area contributed by atoms with Crippen LogP contribution in [-0.2, 0) is 0 Å². The minimum absolute atomic E-state index is 0.0677. The monoisotopic (exact) mass is 257 g/mol. The van der Waals surface area contributed by atoms with Gasteiger partial charge in [-0.3, -0.25) is 0 Å². The highest BCUT2D eigenvalue weighted by atomic mass is 16.3. The lowest BCUT2D eigenvalue weighted by atomic mass is 9.89. The van der Waals surface area contributed by atoms with E-state index in [2.05, 4.69) is 24.1 Å². The fourth-order valence-electron chi connectivity index (χ4n) is 3.07. The number of nitrogens with zero attached hydrogens (tertiary/aromatic N) is 1. The molecule has 4 heteroatoms. The molecule has 0 aliphatic carbocycles. The van der Waals surface area contributed by atoms with Crippen LogP contribution < -0.4 is 11.1 Å². The molecule has 1 aliphatic rings. The Bertz CT molecular complexity index is 235. The Labute approximate surface area is 112 Å². The van der Waals surface area contributed by atoms with Crippen molar-refractivity contribution in [2.75, 3.05) is 26.2 Å². The molecule has 1 aliphatic heterocycles. The number of hydrogen-bond donors (Lipinski definition) is 3. The molecular weight excluding hydrogens is 226 g/mol. The number of hydrogen-bond acceptors (Lipinski definition) is 4. The molecule has 1 saturated heterocycles. The summed E-state index contributed by atoms with van der Waals surface area (Å²) in [4.78, 5) is 2.50. The average Bonchev–Trinajstić information content (AvgIpc) is 2.51. The molecule has 4 nitrogen and oxygen atoms in total. The second-order valence-corrected chi connectivity index (χ2v) is 5.90. The maximum atomic E-state index is 9.47. The van der Waals surface area contributed by atoms with Gasteiger partial charge in [0.2, 0.25) is 0 Å². The maximum Gasteiger partial charge on any atom is 0.0526 e. The fraction of sp³-hybridized carbons (Fsp3) is 1.00. The highest BCUT2D eigenvalue weighted by Gasteiger charge is 2.32. The smallest absolute Gasteiger partial charge is 0.0526 e. The second-order valence-electron chi connectivity index (χ2n) is 5.90. The quantitative estimate of drug-likeness (QED) is 0.663. The molecule has 0 bridgehead atoms. The third-order valence-corrected chi connectivity index (χ3v) is 4.12. The molecule has 0 spiro atoms. The summed E-state index contributed by atoms with van der Waals surface area (Å²) in [6, 6.07) is 0.321. The van der Waals surface area contributed by atoms with Crippen LogP contribution in [0.3, 0.4) is 0 Å². The zero-order chi connectivity index (χ0) is 13.6. The number of aliphatic hydroxyl groups is 1. The van der Waals surface area contributed by atoms with Crippen molar-refractivity contribution in [2.24, 2.45) is 5.73 Å². The largest absolute Gasteiger partial charge is 0.393 e. The van der Waals surface area contributed by atoms with E-state index in [1.54, 1.807) is 0 Å². The summed E-state index contributed by atoms with van der Waals surface area (Å²) in [6.07, 6.45) is 4.00. The van der Waals surface area contributed by atoms with Crippen molar-refractivity contribution in [1.29, 1.82) is 0 Å². The number of likely N-dealkylation sites (tertiary alicyclic amines) is 1. The average molecular weight is 257 g/mol. The molecule has 0 aromatic rings. The predicted octanol–water partition coefficient (Wildman–Crippen LogP) is 0.939. The summed E-state index contributed by atoms with van der Waals surface area (Å²) in [5.41, 5.74) is 6.10. The Kier molecular flexibility index (Phi) is 6.57. The van der Waals surface area contributed by atoms with Crippen LogP contribution in [0.1, 0.15) is 46.5 Å². The fourth-order valence-corrected chi connectivity index (χ4v) is 3.07. The van der Waals surface area contributed by atoms with Crippen LogP contribution in [0.5, 0.6) is 0 Å². The maximum absolute atomic E-state index is 9.47. The molecule has 108 valence electrons. The van der Waals surface area contributed by atoms with Crippen LogP contribution in [0, 0.1) is 0 Å². The minimum Gasteiger partial charge on any atom is -0.393 e. The molecule has 3 unspecified atom stereocenters. The van der Waals surface area contributed by atoms with Crippen molar-refractivity contribution in [1.82, 2.24) is 10.2 Å². The van der Waals surface area contributed by atoms with Crippen LogP contribution >= 0.6 is 0 Å². The van der Waals surface area contributed by atoms with Crippen molar-refractivity contribution in [3.05, 3.63) is 0 Å².